The van der Waals surface area contributed by atoms with E-state index in [1.54, 1.807) is 12.1 Å². The van der Waals surface area contributed by atoms with Crippen LogP contribution in [0.4, 0.5) is 0 Å². The number of fused-ring (bicyclic) bond motifs is 1. The summed E-state index contributed by atoms with van der Waals surface area (Å²) in [6.07, 6.45) is 3.50. The number of likely N-dealkylation sites (tertiary alicyclic amines) is 2. The number of piperidine rings is 2. The molecule has 2 atom stereocenters. The van der Waals surface area contributed by atoms with Gasteiger partial charge in [0.05, 0.1) is 3.57 Å². The Labute approximate surface area is 139 Å². The van der Waals surface area contributed by atoms with Gasteiger partial charge in [-0.25, -0.2) is 0 Å². The Morgan fingerprint density at radius 3 is 2.90 bits per heavy atom. The van der Waals surface area contributed by atoms with Gasteiger partial charge in [0.15, 0.2) is 0 Å². The summed E-state index contributed by atoms with van der Waals surface area (Å²) >= 11 is 2.07. The van der Waals surface area contributed by atoms with Gasteiger partial charge >= 0.3 is 0 Å². The van der Waals surface area contributed by atoms with Crippen molar-refractivity contribution in [3.05, 3.63) is 27.3 Å². The van der Waals surface area contributed by atoms with Crippen molar-refractivity contribution < 1.29 is 9.90 Å². The lowest BCUT2D eigenvalue weighted by molar-refractivity contribution is 0.0316. The van der Waals surface area contributed by atoms with Crippen LogP contribution in [0.1, 0.15) is 29.6 Å². The summed E-state index contributed by atoms with van der Waals surface area (Å²) in [5.74, 6) is 0.834. The van der Waals surface area contributed by atoms with Crippen LogP contribution in [0.3, 0.4) is 0 Å². The Balaban J connectivity index is 1.72. The SMILES string of the molecule is CN1CCCC2CN(C(=O)c3ccc(I)c(O)c3)CCC21. The first-order valence-corrected chi connectivity index (χ1v) is 8.62. The molecule has 2 aliphatic heterocycles. The maximum absolute atomic E-state index is 12.6. The Kier molecular flexibility index (Phi) is 4.40. The number of rotatable bonds is 1. The lowest BCUT2D eigenvalue weighted by Gasteiger charge is -2.46. The van der Waals surface area contributed by atoms with Crippen molar-refractivity contribution >= 4 is 28.5 Å². The number of hydrogen-bond donors (Lipinski definition) is 1. The Bertz CT molecular complexity index is 549. The highest BCUT2D eigenvalue weighted by molar-refractivity contribution is 14.1. The van der Waals surface area contributed by atoms with Gasteiger partial charge in [0.25, 0.3) is 5.91 Å². The molecule has 1 N–H and O–H groups in total. The van der Waals surface area contributed by atoms with Crippen LogP contribution in [0, 0.1) is 9.49 Å². The van der Waals surface area contributed by atoms with Crippen molar-refractivity contribution in [1.82, 2.24) is 9.80 Å². The summed E-state index contributed by atoms with van der Waals surface area (Å²) in [6, 6.07) is 5.82. The van der Waals surface area contributed by atoms with Crippen LogP contribution in [0.15, 0.2) is 18.2 Å². The largest absolute Gasteiger partial charge is 0.507 e. The molecule has 2 saturated heterocycles. The summed E-state index contributed by atoms with van der Waals surface area (Å²) < 4.78 is 0.775. The molecule has 114 valence electrons. The van der Waals surface area contributed by atoms with Crippen molar-refractivity contribution in [2.45, 2.75) is 25.3 Å². The molecule has 1 amide bonds. The lowest BCUT2D eigenvalue weighted by Crippen LogP contribution is -2.53. The molecule has 5 heteroatoms. The molecule has 3 rings (SSSR count). The summed E-state index contributed by atoms with van der Waals surface area (Å²) in [6.45, 7) is 2.85. The maximum atomic E-state index is 12.6. The third-order valence-corrected chi connectivity index (χ3v) is 5.74. The van der Waals surface area contributed by atoms with Crippen LogP contribution in [0.25, 0.3) is 0 Å². The first kappa shape index (κ1) is 15.1. The molecule has 2 aliphatic rings. The van der Waals surface area contributed by atoms with Gasteiger partial charge in [-0.3, -0.25) is 4.79 Å². The fourth-order valence-electron chi connectivity index (χ4n) is 3.67. The minimum absolute atomic E-state index is 0.0494. The number of phenols is 1. The molecule has 2 heterocycles. The molecule has 2 fully saturated rings. The third kappa shape index (κ3) is 3.04. The number of halogens is 1. The third-order valence-electron chi connectivity index (χ3n) is 4.83. The quantitative estimate of drug-likeness (QED) is 0.738. The number of carbonyl (C=O) groups is 1. The number of aromatic hydroxyl groups is 1. The fourth-order valence-corrected chi connectivity index (χ4v) is 4.00. The molecule has 21 heavy (non-hydrogen) atoms. The van der Waals surface area contributed by atoms with E-state index in [1.165, 1.54) is 19.4 Å². The van der Waals surface area contributed by atoms with Gasteiger partial charge in [-0.05, 0) is 79.6 Å². The Morgan fingerprint density at radius 2 is 2.14 bits per heavy atom. The average Bonchev–Trinajstić information content (AvgIpc) is 2.49. The molecule has 0 aliphatic carbocycles. The average molecular weight is 400 g/mol. The van der Waals surface area contributed by atoms with E-state index in [9.17, 15) is 9.90 Å². The summed E-state index contributed by atoms with van der Waals surface area (Å²) in [7, 11) is 2.20. The highest BCUT2D eigenvalue weighted by atomic mass is 127. The Morgan fingerprint density at radius 1 is 1.33 bits per heavy atom. The highest BCUT2D eigenvalue weighted by Gasteiger charge is 2.35. The number of amides is 1. The first-order chi connectivity index (χ1) is 10.1. The number of benzene rings is 1. The maximum Gasteiger partial charge on any atom is 0.254 e. The molecule has 0 saturated carbocycles. The smallest absolute Gasteiger partial charge is 0.254 e. The number of phenolic OH excluding ortho intramolecular Hbond substituents is 1. The lowest BCUT2D eigenvalue weighted by atomic mass is 9.84. The van der Waals surface area contributed by atoms with Gasteiger partial charge in [0, 0.05) is 24.7 Å². The standard InChI is InChI=1S/C16H21IN2O2/c1-18-7-2-3-12-10-19(8-6-14(12)18)16(21)11-4-5-13(17)15(20)9-11/h4-5,9,12,14,20H,2-3,6-8,10H2,1H3. The number of hydrogen-bond acceptors (Lipinski definition) is 3. The minimum atomic E-state index is 0.0494. The van der Waals surface area contributed by atoms with Gasteiger partial charge in [-0.15, -0.1) is 0 Å². The van der Waals surface area contributed by atoms with E-state index < -0.39 is 0 Å². The van der Waals surface area contributed by atoms with Crippen LogP contribution in [-0.2, 0) is 0 Å². The molecule has 0 aromatic heterocycles. The van der Waals surface area contributed by atoms with Gasteiger partial charge in [0.2, 0.25) is 0 Å². The zero-order chi connectivity index (χ0) is 15.0. The van der Waals surface area contributed by atoms with Gasteiger partial charge in [-0.2, -0.15) is 0 Å². The van der Waals surface area contributed by atoms with E-state index in [1.807, 2.05) is 11.0 Å². The molecule has 0 radical (unpaired) electrons. The van der Waals surface area contributed by atoms with Gasteiger partial charge in [0.1, 0.15) is 5.75 Å². The van der Waals surface area contributed by atoms with E-state index in [-0.39, 0.29) is 11.7 Å². The fraction of sp³-hybridized carbons (Fsp3) is 0.562. The Hall–Kier alpha value is -0.820. The van der Waals surface area contributed by atoms with E-state index in [2.05, 4.69) is 34.5 Å². The normalized spacial score (nSPS) is 26.5. The number of nitrogens with zero attached hydrogens (tertiary/aromatic N) is 2. The molecule has 0 bridgehead atoms. The van der Waals surface area contributed by atoms with Gasteiger partial charge in [-0.1, -0.05) is 0 Å². The first-order valence-electron chi connectivity index (χ1n) is 7.54. The molecular formula is C16H21IN2O2. The second kappa shape index (κ2) is 6.12. The van der Waals surface area contributed by atoms with E-state index in [4.69, 9.17) is 0 Å². The number of carbonyl (C=O) groups excluding carboxylic acids is 1. The predicted octanol–water partition coefficient (Wildman–Crippen LogP) is 2.55. The molecule has 1 aromatic rings. The van der Waals surface area contributed by atoms with Crippen molar-refractivity contribution in [3.8, 4) is 5.75 Å². The van der Waals surface area contributed by atoms with Crippen molar-refractivity contribution in [1.29, 1.82) is 0 Å². The topological polar surface area (TPSA) is 43.8 Å². The highest BCUT2D eigenvalue weighted by Crippen LogP contribution is 2.30. The van der Waals surface area contributed by atoms with Crippen LogP contribution in [0.5, 0.6) is 5.75 Å². The molecule has 2 unspecified atom stereocenters. The van der Waals surface area contributed by atoms with Crippen molar-refractivity contribution in [3.63, 3.8) is 0 Å². The van der Waals surface area contributed by atoms with Gasteiger partial charge < -0.3 is 14.9 Å². The van der Waals surface area contributed by atoms with E-state index >= 15 is 0 Å². The summed E-state index contributed by atoms with van der Waals surface area (Å²) in [4.78, 5) is 17.0. The summed E-state index contributed by atoms with van der Waals surface area (Å²) in [5.41, 5.74) is 0.593. The zero-order valence-electron chi connectivity index (χ0n) is 12.3. The molecule has 1 aromatic carbocycles. The summed E-state index contributed by atoms with van der Waals surface area (Å²) in [5, 5.41) is 9.78. The van der Waals surface area contributed by atoms with Crippen LogP contribution >= 0.6 is 22.6 Å². The second-order valence-corrected chi connectivity index (χ2v) is 7.32. The molecule has 0 spiro atoms. The van der Waals surface area contributed by atoms with E-state index in [0.717, 1.165) is 23.1 Å². The van der Waals surface area contributed by atoms with Crippen molar-refractivity contribution in [2.24, 2.45) is 5.92 Å². The van der Waals surface area contributed by atoms with Crippen molar-refractivity contribution in [2.75, 3.05) is 26.7 Å². The zero-order valence-corrected chi connectivity index (χ0v) is 14.4. The van der Waals surface area contributed by atoms with E-state index in [0.29, 0.717) is 17.5 Å². The van der Waals surface area contributed by atoms with Crippen LogP contribution < -0.4 is 0 Å². The molecule has 4 nitrogen and oxygen atoms in total. The second-order valence-electron chi connectivity index (χ2n) is 6.16. The minimum Gasteiger partial charge on any atom is -0.507 e. The predicted molar refractivity (Wildman–Crippen MR) is 90.5 cm³/mol. The van der Waals surface area contributed by atoms with Crippen LogP contribution in [-0.4, -0.2) is 53.5 Å². The van der Waals surface area contributed by atoms with Crippen LogP contribution in [0.2, 0.25) is 0 Å². The molecular weight excluding hydrogens is 379 g/mol. The monoisotopic (exact) mass is 400 g/mol.